The zero-order chi connectivity index (χ0) is 21.1. The van der Waals surface area contributed by atoms with Gasteiger partial charge in [0.25, 0.3) is 0 Å². The Labute approximate surface area is 166 Å². The summed E-state index contributed by atoms with van der Waals surface area (Å²) in [6, 6.07) is 9.80. The third-order valence-corrected chi connectivity index (χ3v) is 5.98. The van der Waals surface area contributed by atoms with Crippen molar-refractivity contribution < 1.29 is 17.6 Å². The molecular formula is C21H27FN2O3S. The Morgan fingerprint density at radius 1 is 1.11 bits per heavy atom. The van der Waals surface area contributed by atoms with Crippen LogP contribution in [0.25, 0.3) is 0 Å². The van der Waals surface area contributed by atoms with E-state index in [2.05, 4.69) is 5.32 Å². The first kappa shape index (κ1) is 21.9. The van der Waals surface area contributed by atoms with E-state index in [9.17, 15) is 17.6 Å². The minimum atomic E-state index is -3.75. The zero-order valence-electron chi connectivity index (χ0n) is 16.9. The van der Waals surface area contributed by atoms with Crippen LogP contribution in [0.5, 0.6) is 0 Å². The van der Waals surface area contributed by atoms with Gasteiger partial charge in [0, 0.05) is 0 Å². The molecule has 0 saturated carbocycles. The quantitative estimate of drug-likeness (QED) is 0.759. The molecule has 0 aliphatic carbocycles. The molecule has 0 spiro atoms. The first-order valence-corrected chi connectivity index (χ1v) is 11.0. The Kier molecular flexibility index (Phi) is 6.82. The van der Waals surface area contributed by atoms with Crippen molar-refractivity contribution in [2.75, 3.05) is 10.6 Å². The molecule has 0 aromatic heterocycles. The van der Waals surface area contributed by atoms with Crippen LogP contribution in [-0.4, -0.2) is 26.6 Å². The predicted octanol–water partition coefficient (Wildman–Crippen LogP) is 3.86. The van der Waals surface area contributed by atoms with Crippen LogP contribution >= 0.6 is 0 Å². The lowest BCUT2D eigenvalue weighted by atomic mass is 10.0. The van der Waals surface area contributed by atoms with Crippen molar-refractivity contribution >= 4 is 21.6 Å². The second kappa shape index (κ2) is 8.73. The molecule has 0 heterocycles. The molecule has 2 atom stereocenters. The highest BCUT2D eigenvalue weighted by Gasteiger charge is 2.32. The molecule has 0 bridgehead atoms. The standard InChI is InChI=1S/C21H27FN2O3S/c1-6-20(24(28(5,26)27)19-11-9-18(22)10-12-19)21(25)23-16(4)17-8-7-14(2)15(3)13-17/h7-13,16,20H,6H2,1-5H3,(H,23,25)/t16-,20-/m0/s1. The Morgan fingerprint density at radius 2 is 1.71 bits per heavy atom. The molecule has 0 unspecified atom stereocenters. The molecule has 2 aromatic rings. The van der Waals surface area contributed by atoms with Gasteiger partial charge in [-0.1, -0.05) is 25.1 Å². The Bertz CT molecular complexity index is 943. The summed E-state index contributed by atoms with van der Waals surface area (Å²) in [7, 11) is -3.75. The van der Waals surface area contributed by atoms with Crippen LogP contribution in [0.2, 0.25) is 0 Å². The van der Waals surface area contributed by atoms with E-state index in [1.54, 1.807) is 6.92 Å². The highest BCUT2D eigenvalue weighted by atomic mass is 32.2. The molecule has 0 fully saturated rings. The van der Waals surface area contributed by atoms with Crippen molar-refractivity contribution in [3.63, 3.8) is 0 Å². The second-order valence-electron chi connectivity index (χ2n) is 7.03. The molecule has 2 rings (SSSR count). The van der Waals surface area contributed by atoms with Gasteiger partial charge in [-0.15, -0.1) is 0 Å². The van der Waals surface area contributed by atoms with E-state index in [4.69, 9.17) is 0 Å². The second-order valence-corrected chi connectivity index (χ2v) is 8.89. The van der Waals surface area contributed by atoms with Crippen molar-refractivity contribution in [1.82, 2.24) is 5.32 Å². The van der Waals surface area contributed by atoms with Crippen molar-refractivity contribution in [3.8, 4) is 0 Å². The summed E-state index contributed by atoms with van der Waals surface area (Å²) in [6.07, 6.45) is 1.31. The number of aryl methyl sites for hydroxylation is 2. The third kappa shape index (κ3) is 5.10. The van der Waals surface area contributed by atoms with Gasteiger partial charge in [0.2, 0.25) is 15.9 Å². The predicted molar refractivity (Wildman–Crippen MR) is 110 cm³/mol. The normalized spacial score (nSPS) is 13.6. The average molecular weight is 407 g/mol. The number of hydrogen-bond donors (Lipinski definition) is 1. The highest BCUT2D eigenvalue weighted by Crippen LogP contribution is 2.24. The van der Waals surface area contributed by atoms with Gasteiger partial charge in [0.05, 0.1) is 18.0 Å². The number of nitrogens with zero attached hydrogens (tertiary/aromatic N) is 1. The van der Waals surface area contributed by atoms with E-state index in [0.29, 0.717) is 0 Å². The fourth-order valence-electron chi connectivity index (χ4n) is 3.08. The number of amides is 1. The topological polar surface area (TPSA) is 66.5 Å². The summed E-state index contributed by atoms with van der Waals surface area (Å²) in [5.74, 6) is -0.874. The van der Waals surface area contributed by atoms with E-state index in [0.717, 1.165) is 27.3 Å². The average Bonchev–Trinajstić information content (AvgIpc) is 2.61. The fourth-order valence-corrected chi connectivity index (χ4v) is 4.29. The van der Waals surface area contributed by atoms with E-state index < -0.39 is 27.8 Å². The van der Waals surface area contributed by atoms with Gasteiger partial charge < -0.3 is 5.32 Å². The van der Waals surface area contributed by atoms with Crippen LogP contribution in [0.1, 0.15) is 43.0 Å². The minimum Gasteiger partial charge on any atom is -0.348 e. The van der Waals surface area contributed by atoms with Gasteiger partial charge >= 0.3 is 0 Å². The molecule has 0 aliphatic rings. The zero-order valence-corrected chi connectivity index (χ0v) is 17.7. The monoisotopic (exact) mass is 406 g/mol. The summed E-state index contributed by atoms with van der Waals surface area (Å²) in [5.41, 5.74) is 3.48. The van der Waals surface area contributed by atoms with E-state index in [-0.39, 0.29) is 18.2 Å². The highest BCUT2D eigenvalue weighted by molar-refractivity contribution is 7.92. The number of sulfonamides is 1. The molecule has 152 valence electrons. The van der Waals surface area contributed by atoms with Crippen molar-refractivity contribution in [2.24, 2.45) is 0 Å². The number of carbonyl (C=O) groups excluding carboxylic acids is 1. The van der Waals surface area contributed by atoms with Crippen LogP contribution in [0.15, 0.2) is 42.5 Å². The van der Waals surface area contributed by atoms with Crippen LogP contribution in [0, 0.1) is 19.7 Å². The fraction of sp³-hybridized carbons (Fsp3) is 0.381. The maximum atomic E-state index is 13.3. The number of anilines is 1. The van der Waals surface area contributed by atoms with Gasteiger partial charge in [-0.2, -0.15) is 0 Å². The van der Waals surface area contributed by atoms with Crippen molar-refractivity contribution in [3.05, 3.63) is 65.0 Å². The number of halogens is 1. The maximum absolute atomic E-state index is 13.3. The van der Waals surface area contributed by atoms with Gasteiger partial charge in [0.1, 0.15) is 11.9 Å². The summed E-state index contributed by atoms with van der Waals surface area (Å²) in [5, 5.41) is 2.91. The van der Waals surface area contributed by atoms with Gasteiger partial charge in [-0.25, -0.2) is 12.8 Å². The van der Waals surface area contributed by atoms with Crippen LogP contribution in [0.3, 0.4) is 0 Å². The van der Waals surface area contributed by atoms with Crippen LogP contribution in [0.4, 0.5) is 10.1 Å². The molecule has 0 saturated heterocycles. The molecule has 7 heteroatoms. The Morgan fingerprint density at radius 3 is 2.21 bits per heavy atom. The molecule has 1 N–H and O–H groups in total. The van der Waals surface area contributed by atoms with Crippen LogP contribution in [-0.2, 0) is 14.8 Å². The number of carbonyl (C=O) groups is 1. The Balaban J connectivity index is 2.30. The molecular weight excluding hydrogens is 379 g/mol. The summed E-state index contributed by atoms with van der Waals surface area (Å²) >= 11 is 0. The smallest absolute Gasteiger partial charge is 0.244 e. The van der Waals surface area contributed by atoms with Gasteiger partial charge in [0.15, 0.2) is 0 Å². The lowest BCUT2D eigenvalue weighted by Crippen LogP contribution is -2.49. The molecule has 0 radical (unpaired) electrons. The van der Waals surface area contributed by atoms with Crippen molar-refractivity contribution in [1.29, 1.82) is 0 Å². The minimum absolute atomic E-state index is 0.254. The van der Waals surface area contributed by atoms with E-state index >= 15 is 0 Å². The third-order valence-electron chi connectivity index (χ3n) is 4.80. The lowest BCUT2D eigenvalue weighted by Gasteiger charge is -2.31. The first-order chi connectivity index (χ1) is 13.0. The van der Waals surface area contributed by atoms with E-state index in [1.165, 1.54) is 24.3 Å². The van der Waals surface area contributed by atoms with Gasteiger partial charge in [-0.3, -0.25) is 9.10 Å². The van der Waals surface area contributed by atoms with Crippen molar-refractivity contribution in [2.45, 2.75) is 46.2 Å². The maximum Gasteiger partial charge on any atom is 0.244 e. The summed E-state index contributed by atoms with van der Waals surface area (Å²) in [6.45, 7) is 7.62. The van der Waals surface area contributed by atoms with Gasteiger partial charge in [-0.05, 0) is 68.1 Å². The number of rotatable bonds is 7. The molecule has 0 aliphatic heterocycles. The first-order valence-electron chi connectivity index (χ1n) is 9.17. The van der Waals surface area contributed by atoms with Crippen LogP contribution < -0.4 is 9.62 Å². The Hall–Kier alpha value is -2.41. The number of nitrogens with one attached hydrogen (secondary N) is 1. The lowest BCUT2D eigenvalue weighted by molar-refractivity contribution is -0.122. The molecule has 1 amide bonds. The largest absolute Gasteiger partial charge is 0.348 e. The number of hydrogen-bond acceptors (Lipinski definition) is 3. The summed E-state index contributed by atoms with van der Waals surface area (Å²) in [4.78, 5) is 12.9. The SMILES string of the molecule is CC[C@@H](C(=O)N[C@@H](C)c1ccc(C)c(C)c1)N(c1ccc(F)cc1)S(C)(=O)=O. The molecule has 2 aromatic carbocycles. The summed E-state index contributed by atoms with van der Waals surface area (Å²) < 4.78 is 39.1. The molecule has 5 nitrogen and oxygen atoms in total. The van der Waals surface area contributed by atoms with E-state index in [1.807, 2.05) is 39.0 Å². The number of benzene rings is 2. The molecule has 28 heavy (non-hydrogen) atoms.